The van der Waals surface area contributed by atoms with Gasteiger partial charge in [-0.3, -0.25) is 19.0 Å². The summed E-state index contributed by atoms with van der Waals surface area (Å²) in [4.78, 5) is 29.6. The van der Waals surface area contributed by atoms with E-state index in [0.717, 1.165) is 39.6 Å². The Bertz CT molecular complexity index is 2150. The Labute approximate surface area is 310 Å². The van der Waals surface area contributed by atoms with Crippen molar-refractivity contribution in [1.29, 1.82) is 0 Å². The van der Waals surface area contributed by atoms with E-state index in [4.69, 9.17) is 9.47 Å². The summed E-state index contributed by atoms with van der Waals surface area (Å²) >= 11 is 0. The number of rotatable bonds is 10. The fourth-order valence-corrected chi connectivity index (χ4v) is 6.72. The fourth-order valence-electron chi connectivity index (χ4n) is 6.72. The number of hydrogen-bond acceptors (Lipinski definition) is 6. The predicted molar refractivity (Wildman–Crippen MR) is 203 cm³/mol. The van der Waals surface area contributed by atoms with E-state index in [2.05, 4.69) is 24.0 Å². The van der Waals surface area contributed by atoms with Gasteiger partial charge in [0.2, 0.25) is 0 Å². The molecule has 2 unspecified atom stereocenters. The van der Waals surface area contributed by atoms with Crippen molar-refractivity contribution in [2.75, 3.05) is 13.1 Å². The minimum Gasteiger partial charge on any atom is -0.487 e. The molecule has 0 radical (unpaired) electrons. The molecule has 53 heavy (non-hydrogen) atoms. The summed E-state index contributed by atoms with van der Waals surface area (Å²) in [7, 11) is 0. The summed E-state index contributed by atoms with van der Waals surface area (Å²) in [5, 5.41) is 9.19. The Morgan fingerprint density at radius 1 is 0.566 bits per heavy atom. The van der Waals surface area contributed by atoms with Crippen LogP contribution in [0.25, 0.3) is 0 Å². The maximum absolute atomic E-state index is 12.9. The molecular formula is C43H44N6O4. The molecule has 8 rings (SSSR count). The van der Waals surface area contributed by atoms with Crippen molar-refractivity contribution < 1.29 is 19.1 Å². The highest BCUT2D eigenvalue weighted by atomic mass is 16.5. The zero-order valence-electron chi connectivity index (χ0n) is 30.3. The third kappa shape index (κ3) is 8.49. The number of fused-ring (bicyclic) bond motifs is 2. The molecule has 0 saturated heterocycles. The first kappa shape index (κ1) is 35.3. The molecule has 2 atom stereocenters. The summed E-state index contributed by atoms with van der Waals surface area (Å²) < 4.78 is 15.3. The number of carbonyl (C=O) groups is 2. The molecule has 10 heteroatoms. The van der Waals surface area contributed by atoms with Crippen molar-refractivity contribution in [3.05, 3.63) is 167 Å². The van der Waals surface area contributed by atoms with Gasteiger partial charge in [-0.1, -0.05) is 91.0 Å². The molecule has 270 valence electrons. The molecule has 0 bridgehead atoms. The molecule has 0 spiro atoms. The van der Waals surface area contributed by atoms with Crippen molar-refractivity contribution in [3.8, 4) is 11.5 Å². The van der Waals surface area contributed by atoms with Gasteiger partial charge >= 0.3 is 0 Å². The van der Waals surface area contributed by atoms with E-state index < -0.39 is 0 Å². The first-order valence-electron chi connectivity index (χ1n) is 18.0. The molecule has 2 amide bonds. The number of benzene rings is 4. The van der Waals surface area contributed by atoms with E-state index in [1.54, 1.807) is 0 Å². The first-order valence-corrected chi connectivity index (χ1v) is 18.0. The zero-order valence-corrected chi connectivity index (χ0v) is 30.3. The average molecular weight is 709 g/mol. The zero-order chi connectivity index (χ0) is 36.7. The monoisotopic (exact) mass is 708 g/mol. The molecule has 10 nitrogen and oxygen atoms in total. The predicted octanol–water partition coefficient (Wildman–Crippen LogP) is 7.67. The molecule has 4 heterocycles. The summed E-state index contributed by atoms with van der Waals surface area (Å²) in [6, 6.07) is 41.7. The quantitative estimate of drug-likeness (QED) is 0.145. The SMILES string of the molecule is CC1CN(Cc2ccccc2)C(=O)c2cc(COc3ccccc3)nn21.Cc1cccc(OCc2cc3n(n2)C(C)CN(Cc2ccccc2)C3=O)c1. The van der Waals surface area contributed by atoms with Gasteiger partial charge in [0, 0.05) is 26.2 Å². The smallest absolute Gasteiger partial charge is 0.272 e. The van der Waals surface area contributed by atoms with Gasteiger partial charge in [0.15, 0.2) is 0 Å². The van der Waals surface area contributed by atoms with Crippen LogP contribution in [0.4, 0.5) is 0 Å². The van der Waals surface area contributed by atoms with E-state index in [1.807, 2.05) is 153 Å². The number of aromatic nitrogens is 4. The van der Waals surface area contributed by atoms with Crippen molar-refractivity contribution in [1.82, 2.24) is 29.4 Å². The molecule has 2 aromatic heterocycles. The Kier molecular flexibility index (Phi) is 10.7. The third-order valence-electron chi connectivity index (χ3n) is 9.33. The first-order chi connectivity index (χ1) is 25.8. The number of nitrogens with zero attached hydrogens (tertiary/aromatic N) is 6. The molecular weight excluding hydrogens is 665 g/mol. The van der Waals surface area contributed by atoms with Crippen molar-refractivity contribution in [2.24, 2.45) is 0 Å². The number of aryl methyl sites for hydroxylation is 1. The van der Waals surface area contributed by atoms with Gasteiger partial charge in [-0.2, -0.15) is 10.2 Å². The highest BCUT2D eigenvalue weighted by Gasteiger charge is 2.32. The van der Waals surface area contributed by atoms with Crippen LogP contribution >= 0.6 is 0 Å². The van der Waals surface area contributed by atoms with Crippen LogP contribution in [0.1, 0.15) is 75.0 Å². The van der Waals surface area contributed by atoms with Crippen LogP contribution in [-0.4, -0.2) is 54.3 Å². The van der Waals surface area contributed by atoms with Crippen LogP contribution < -0.4 is 9.47 Å². The van der Waals surface area contributed by atoms with Crippen LogP contribution in [0.15, 0.2) is 127 Å². The highest BCUT2D eigenvalue weighted by Crippen LogP contribution is 2.25. The number of amides is 2. The Morgan fingerprint density at radius 2 is 1.00 bits per heavy atom. The standard InChI is InChI=1S/C22H23N3O2.C21H21N3O2/c1-16-7-6-10-20(11-16)27-15-19-12-21-22(26)24(13-17(2)25(21)23-19)14-18-8-4-3-5-9-18;1-16-13-23(14-17-8-4-2-5-9-17)21(25)20-12-18(22-24(16)20)15-26-19-10-6-3-7-11-19/h3-12,17H,13-15H2,1-2H3;2-12,16H,13-15H2,1H3. The summed E-state index contributed by atoms with van der Waals surface area (Å²) in [6.07, 6.45) is 0. The van der Waals surface area contributed by atoms with Crippen LogP contribution in [0.3, 0.4) is 0 Å². The van der Waals surface area contributed by atoms with Crippen molar-refractivity contribution in [2.45, 2.75) is 59.2 Å². The second-order valence-corrected chi connectivity index (χ2v) is 13.7. The molecule has 0 aliphatic carbocycles. The normalized spacial score (nSPS) is 16.4. The third-order valence-corrected chi connectivity index (χ3v) is 9.33. The van der Waals surface area contributed by atoms with Gasteiger partial charge in [0.1, 0.15) is 47.5 Å². The molecule has 6 aromatic rings. The topological polar surface area (TPSA) is 94.7 Å². The Morgan fingerprint density at radius 3 is 1.47 bits per heavy atom. The molecule has 0 N–H and O–H groups in total. The van der Waals surface area contributed by atoms with Gasteiger partial charge in [-0.05, 0) is 73.9 Å². The van der Waals surface area contributed by atoms with E-state index in [0.29, 0.717) is 50.8 Å². The van der Waals surface area contributed by atoms with Crippen LogP contribution in [0.5, 0.6) is 11.5 Å². The van der Waals surface area contributed by atoms with E-state index >= 15 is 0 Å². The number of ether oxygens (including phenoxy) is 2. The second kappa shape index (κ2) is 16.0. The molecule has 0 fully saturated rings. The highest BCUT2D eigenvalue weighted by molar-refractivity contribution is 5.94. The van der Waals surface area contributed by atoms with Gasteiger partial charge in [0.05, 0.1) is 12.1 Å². The maximum atomic E-state index is 12.9. The summed E-state index contributed by atoms with van der Waals surface area (Å²) in [6.45, 7) is 9.45. The number of carbonyl (C=O) groups excluding carboxylic acids is 2. The van der Waals surface area contributed by atoms with E-state index in [1.165, 1.54) is 0 Å². The minimum absolute atomic E-state index is 0.0189. The lowest BCUT2D eigenvalue weighted by Crippen LogP contribution is -2.41. The number of hydrogen-bond donors (Lipinski definition) is 0. The Balaban J connectivity index is 0.000000164. The van der Waals surface area contributed by atoms with Crippen LogP contribution in [-0.2, 0) is 26.3 Å². The van der Waals surface area contributed by atoms with E-state index in [-0.39, 0.29) is 23.9 Å². The average Bonchev–Trinajstić information content (AvgIpc) is 3.82. The Hall–Kier alpha value is -6.16. The molecule has 2 aliphatic heterocycles. The van der Waals surface area contributed by atoms with Crippen molar-refractivity contribution in [3.63, 3.8) is 0 Å². The van der Waals surface area contributed by atoms with Gasteiger partial charge < -0.3 is 19.3 Å². The summed E-state index contributed by atoms with van der Waals surface area (Å²) in [5.41, 5.74) is 6.22. The lowest BCUT2D eigenvalue weighted by atomic mass is 10.1. The lowest BCUT2D eigenvalue weighted by molar-refractivity contribution is 0.0644. The van der Waals surface area contributed by atoms with Gasteiger partial charge in [0.25, 0.3) is 11.8 Å². The fraction of sp³-hybridized carbons (Fsp3) is 0.256. The maximum Gasteiger partial charge on any atom is 0.272 e. The van der Waals surface area contributed by atoms with Gasteiger partial charge in [-0.25, -0.2) is 0 Å². The summed E-state index contributed by atoms with van der Waals surface area (Å²) in [5.74, 6) is 1.64. The minimum atomic E-state index is 0.0189. The number of para-hydroxylation sites is 1. The molecule has 2 aliphatic rings. The largest absolute Gasteiger partial charge is 0.487 e. The van der Waals surface area contributed by atoms with Crippen molar-refractivity contribution >= 4 is 11.8 Å². The van der Waals surface area contributed by atoms with Crippen LogP contribution in [0.2, 0.25) is 0 Å². The lowest BCUT2D eigenvalue weighted by Gasteiger charge is -2.31. The molecule has 0 saturated carbocycles. The molecule has 4 aromatic carbocycles. The van der Waals surface area contributed by atoms with Gasteiger partial charge in [-0.15, -0.1) is 0 Å². The van der Waals surface area contributed by atoms with Crippen LogP contribution in [0, 0.1) is 6.92 Å². The van der Waals surface area contributed by atoms with E-state index in [9.17, 15) is 9.59 Å². The second-order valence-electron chi connectivity index (χ2n) is 13.7.